The van der Waals surface area contributed by atoms with E-state index in [2.05, 4.69) is 15.9 Å². The molecule has 6 nitrogen and oxygen atoms in total. The molecule has 0 aliphatic carbocycles. The van der Waals surface area contributed by atoms with Gasteiger partial charge < -0.3 is 19.5 Å². The van der Waals surface area contributed by atoms with Crippen molar-refractivity contribution >= 4 is 27.8 Å². The lowest BCUT2D eigenvalue weighted by atomic mass is 10.2. The summed E-state index contributed by atoms with van der Waals surface area (Å²) in [5.74, 6) is -1.18. The van der Waals surface area contributed by atoms with Crippen molar-refractivity contribution in [3.63, 3.8) is 0 Å². The Hall–Kier alpha value is -1.44. The van der Waals surface area contributed by atoms with Crippen LogP contribution in [0.25, 0.3) is 0 Å². The first-order valence-electron chi connectivity index (χ1n) is 6.83. The smallest absolute Gasteiger partial charge is 0.305 e. The van der Waals surface area contributed by atoms with Crippen molar-refractivity contribution in [1.82, 2.24) is 4.90 Å². The number of carboxylic acids is 1. The molecule has 1 aromatic rings. The molecule has 0 saturated carbocycles. The van der Waals surface area contributed by atoms with E-state index < -0.39 is 5.97 Å². The van der Waals surface area contributed by atoms with Gasteiger partial charge in [-0.1, -0.05) is 28.1 Å². The average molecular weight is 374 g/mol. The first-order valence-corrected chi connectivity index (χ1v) is 7.63. The zero-order chi connectivity index (χ0) is 16.4. The fourth-order valence-corrected chi connectivity index (χ4v) is 2.22. The van der Waals surface area contributed by atoms with E-state index in [1.54, 1.807) is 7.11 Å². The normalized spacial score (nSPS) is 10.5. The largest absolute Gasteiger partial charge is 0.481 e. The van der Waals surface area contributed by atoms with Gasteiger partial charge in [-0.2, -0.15) is 0 Å². The maximum absolute atomic E-state index is 12.2. The second-order valence-corrected chi connectivity index (χ2v) is 5.55. The van der Waals surface area contributed by atoms with Crippen molar-refractivity contribution in [2.45, 2.75) is 13.0 Å². The molecule has 22 heavy (non-hydrogen) atoms. The Morgan fingerprint density at radius 3 is 2.73 bits per heavy atom. The Morgan fingerprint density at radius 1 is 1.32 bits per heavy atom. The number of hydrogen-bond donors (Lipinski definition) is 1. The molecule has 1 N–H and O–H groups in total. The zero-order valence-corrected chi connectivity index (χ0v) is 14.0. The van der Waals surface area contributed by atoms with Crippen LogP contribution in [0.2, 0.25) is 0 Å². The molecule has 0 saturated heterocycles. The third-order valence-corrected chi connectivity index (χ3v) is 3.36. The molecular weight excluding hydrogens is 354 g/mol. The van der Waals surface area contributed by atoms with Crippen LogP contribution in [0.3, 0.4) is 0 Å². The number of halogens is 1. The van der Waals surface area contributed by atoms with E-state index >= 15 is 0 Å². The molecule has 0 spiro atoms. The summed E-state index contributed by atoms with van der Waals surface area (Å²) in [6, 6.07) is 7.54. The van der Waals surface area contributed by atoms with Crippen LogP contribution < -0.4 is 0 Å². The van der Waals surface area contributed by atoms with Gasteiger partial charge in [0.05, 0.1) is 19.6 Å². The first kappa shape index (κ1) is 18.6. The molecule has 7 heteroatoms. The maximum Gasteiger partial charge on any atom is 0.305 e. The molecule has 0 aliphatic heterocycles. The van der Waals surface area contributed by atoms with Gasteiger partial charge in [-0.05, 0) is 17.7 Å². The number of hydrogen-bond acceptors (Lipinski definition) is 4. The number of ether oxygens (including phenoxy) is 2. The monoisotopic (exact) mass is 373 g/mol. The van der Waals surface area contributed by atoms with Gasteiger partial charge in [0.1, 0.15) is 6.61 Å². The van der Waals surface area contributed by atoms with Crippen molar-refractivity contribution in [2.75, 3.05) is 33.5 Å². The molecular formula is C15H20BrNO5. The summed E-state index contributed by atoms with van der Waals surface area (Å²) >= 11 is 3.37. The van der Waals surface area contributed by atoms with Crippen LogP contribution in [0.15, 0.2) is 28.7 Å². The highest BCUT2D eigenvalue weighted by molar-refractivity contribution is 9.10. The van der Waals surface area contributed by atoms with E-state index in [0.29, 0.717) is 19.8 Å². The van der Waals surface area contributed by atoms with Crippen LogP contribution in [-0.2, 0) is 25.6 Å². The molecule has 0 atom stereocenters. The molecule has 1 amide bonds. The minimum absolute atomic E-state index is 0.0863. The lowest BCUT2D eigenvalue weighted by Crippen LogP contribution is -2.35. The van der Waals surface area contributed by atoms with E-state index in [-0.39, 0.29) is 25.5 Å². The molecule has 0 unspecified atom stereocenters. The van der Waals surface area contributed by atoms with Crippen LogP contribution in [0.1, 0.15) is 12.0 Å². The minimum Gasteiger partial charge on any atom is -0.481 e. The number of carbonyl (C=O) groups excluding carboxylic acids is 1. The Morgan fingerprint density at radius 2 is 2.09 bits per heavy atom. The molecule has 0 aromatic heterocycles. The summed E-state index contributed by atoms with van der Waals surface area (Å²) in [5, 5.41) is 8.81. The summed E-state index contributed by atoms with van der Waals surface area (Å²) in [6.07, 6.45) is -0.0994. The van der Waals surface area contributed by atoms with Crippen LogP contribution in [0.4, 0.5) is 0 Å². The van der Waals surface area contributed by atoms with Crippen LogP contribution in [0, 0.1) is 0 Å². The van der Waals surface area contributed by atoms with E-state index in [0.717, 1.165) is 10.0 Å². The van der Waals surface area contributed by atoms with Crippen molar-refractivity contribution in [2.24, 2.45) is 0 Å². The highest BCUT2D eigenvalue weighted by Gasteiger charge is 2.15. The Bertz CT molecular complexity index is 495. The number of aliphatic carboxylic acids is 1. The predicted molar refractivity (Wildman–Crippen MR) is 84.5 cm³/mol. The van der Waals surface area contributed by atoms with Crippen molar-refractivity contribution in [3.8, 4) is 0 Å². The molecule has 122 valence electrons. The topological polar surface area (TPSA) is 76.1 Å². The van der Waals surface area contributed by atoms with Gasteiger partial charge in [0.25, 0.3) is 0 Å². The fourth-order valence-electron chi connectivity index (χ4n) is 1.77. The van der Waals surface area contributed by atoms with Crippen LogP contribution in [-0.4, -0.2) is 55.4 Å². The lowest BCUT2D eigenvalue weighted by molar-refractivity contribution is -0.140. The van der Waals surface area contributed by atoms with Crippen molar-refractivity contribution in [3.05, 3.63) is 34.3 Å². The highest BCUT2D eigenvalue weighted by atomic mass is 79.9. The van der Waals surface area contributed by atoms with Gasteiger partial charge in [-0.25, -0.2) is 0 Å². The molecule has 0 radical (unpaired) electrons. The van der Waals surface area contributed by atoms with Gasteiger partial charge in [0.2, 0.25) is 5.91 Å². The quantitative estimate of drug-likeness (QED) is 0.634. The van der Waals surface area contributed by atoms with E-state index in [1.807, 2.05) is 24.3 Å². The van der Waals surface area contributed by atoms with Crippen molar-refractivity contribution in [1.29, 1.82) is 0 Å². The summed E-state index contributed by atoms with van der Waals surface area (Å²) in [7, 11) is 1.55. The highest BCUT2D eigenvalue weighted by Crippen LogP contribution is 2.14. The molecule has 0 fully saturated rings. The maximum atomic E-state index is 12.2. The van der Waals surface area contributed by atoms with Gasteiger partial charge in [0, 0.05) is 24.7 Å². The summed E-state index contributed by atoms with van der Waals surface area (Å²) < 4.78 is 11.0. The minimum atomic E-state index is -0.938. The van der Waals surface area contributed by atoms with E-state index in [9.17, 15) is 9.59 Å². The molecule has 0 bridgehead atoms. The second kappa shape index (κ2) is 10.3. The number of rotatable bonds is 10. The third-order valence-electron chi connectivity index (χ3n) is 2.87. The SMILES string of the molecule is COCCOCC(=O)N(CCC(=O)O)Cc1cccc(Br)c1. The Kier molecular flexibility index (Phi) is 8.72. The van der Waals surface area contributed by atoms with Gasteiger partial charge >= 0.3 is 5.97 Å². The summed E-state index contributed by atoms with van der Waals surface area (Å²) in [6.45, 7) is 1.14. The number of methoxy groups -OCH3 is 1. The van der Waals surface area contributed by atoms with E-state index in [1.165, 1.54) is 4.90 Å². The predicted octanol–water partition coefficient (Wildman–Crippen LogP) is 1.92. The molecule has 0 heterocycles. The molecule has 1 rings (SSSR count). The number of carbonyl (C=O) groups is 2. The molecule has 1 aromatic carbocycles. The van der Waals surface area contributed by atoms with Crippen LogP contribution in [0.5, 0.6) is 0 Å². The third kappa shape index (κ3) is 7.53. The Balaban J connectivity index is 2.61. The number of nitrogens with zero attached hydrogens (tertiary/aromatic N) is 1. The van der Waals surface area contributed by atoms with Crippen molar-refractivity contribution < 1.29 is 24.2 Å². The summed E-state index contributed by atoms with van der Waals surface area (Å²) in [4.78, 5) is 24.4. The number of carboxylic acid groups (broad SMARTS) is 1. The van der Waals surface area contributed by atoms with Crippen LogP contribution >= 0.6 is 15.9 Å². The number of amides is 1. The van der Waals surface area contributed by atoms with Gasteiger partial charge in [-0.3, -0.25) is 9.59 Å². The molecule has 0 aliphatic rings. The van der Waals surface area contributed by atoms with Gasteiger partial charge in [0.15, 0.2) is 0 Å². The summed E-state index contributed by atoms with van der Waals surface area (Å²) in [5.41, 5.74) is 0.921. The first-order chi connectivity index (χ1) is 10.5. The standard InChI is InChI=1S/C15H20BrNO5/c1-21-7-8-22-11-14(18)17(6-5-15(19)20)10-12-3-2-4-13(16)9-12/h2-4,9H,5-8,10-11H2,1H3,(H,19,20). The Labute approximate surface area is 138 Å². The lowest BCUT2D eigenvalue weighted by Gasteiger charge is -2.22. The van der Waals surface area contributed by atoms with E-state index in [4.69, 9.17) is 14.6 Å². The number of benzene rings is 1. The average Bonchev–Trinajstić information content (AvgIpc) is 2.47. The van der Waals surface area contributed by atoms with Gasteiger partial charge in [-0.15, -0.1) is 0 Å². The zero-order valence-electron chi connectivity index (χ0n) is 12.5. The second-order valence-electron chi connectivity index (χ2n) is 4.63. The fraction of sp³-hybridized carbons (Fsp3) is 0.467.